The Bertz CT molecular complexity index is 294. The SMILES string of the molecule is CC(=O)OC[C@@H]1CCC(=O)[C@H]1CSCC(O)CO. The monoisotopic (exact) mass is 276 g/mol. The topological polar surface area (TPSA) is 83.8 Å². The summed E-state index contributed by atoms with van der Waals surface area (Å²) in [6.07, 6.45) is 0.568. The number of hydrogen-bond acceptors (Lipinski definition) is 6. The molecule has 104 valence electrons. The second-order valence-corrected chi connectivity index (χ2v) is 5.62. The van der Waals surface area contributed by atoms with Crippen molar-refractivity contribution in [2.45, 2.75) is 25.9 Å². The lowest BCUT2D eigenvalue weighted by atomic mass is 9.98. The molecule has 0 aromatic heterocycles. The summed E-state index contributed by atoms with van der Waals surface area (Å²) in [5, 5.41) is 17.9. The molecule has 18 heavy (non-hydrogen) atoms. The smallest absolute Gasteiger partial charge is 0.302 e. The van der Waals surface area contributed by atoms with Gasteiger partial charge in [-0.25, -0.2) is 0 Å². The molecule has 0 aromatic carbocycles. The summed E-state index contributed by atoms with van der Waals surface area (Å²) < 4.78 is 4.96. The molecule has 0 amide bonds. The molecule has 0 radical (unpaired) electrons. The molecule has 1 aliphatic rings. The summed E-state index contributed by atoms with van der Waals surface area (Å²) in [6, 6.07) is 0. The molecule has 0 spiro atoms. The molecular formula is C12H20O5S. The van der Waals surface area contributed by atoms with E-state index in [9.17, 15) is 14.7 Å². The fourth-order valence-corrected chi connectivity index (χ4v) is 3.24. The van der Waals surface area contributed by atoms with E-state index in [4.69, 9.17) is 9.84 Å². The summed E-state index contributed by atoms with van der Waals surface area (Å²) in [5.74, 6) is 0.914. The molecule has 0 bridgehead atoms. The van der Waals surface area contributed by atoms with Gasteiger partial charge in [-0.05, 0) is 6.42 Å². The minimum Gasteiger partial charge on any atom is -0.466 e. The van der Waals surface area contributed by atoms with Crippen LogP contribution in [0.3, 0.4) is 0 Å². The van der Waals surface area contributed by atoms with Crippen molar-refractivity contribution >= 4 is 23.5 Å². The lowest BCUT2D eigenvalue weighted by molar-refractivity contribution is -0.143. The van der Waals surface area contributed by atoms with Crippen LogP contribution in [0.4, 0.5) is 0 Å². The number of rotatable bonds is 7. The zero-order valence-electron chi connectivity index (χ0n) is 10.5. The number of aliphatic hydroxyl groups excluding tert-OH is 2. The minimum absolute atomic E-state index is 0.0970. The van der Waals surface area contributed by atoms with Crippen molar-refractivity contribution in [1.29, 1.82) is 0 Å². The van der Waals surface area contributed by atoms with Gasteiger partial charge in [0.15, 0.2) is 0 Å². The van der Waals surface area contributed by atoms with E-state index in [-0.39, 0.29) is 30.2 Å². The first-order chi connectivity index (χ1) is 8.54. The molecule has 1 aliphatic carbocycles. The van der Waals surface area contributed by atoms with E-state index in [2.05, 4.69) is 0 Å². The van der Waals surface area contributed by atoms with Crippen LogP contribution in [-0.2, 0) is 14.3 Å². The van der Waals surface area contributed by atoms with E-state index < -0.39 is 6.10 Å². The molecule has 1 saturated carbocycles. The standard InChI is InChI=1S/C12H20O5S/c1-8(14)17-5-9-2-3-12(16)11(9)7-18-6-10(15)4-13/h9-11,13,15H,2-7H2,1H3/t9-,10?,11-/m0/s1. The Kier molecular flexibility index (Phi) is 6.67. The van der Waals surface area contributed by atoms with Crippen LogP contribution in [0.1, 0.15) is 19.8 Å². The largest absolute Gasteiger partial charge is 0.466 e. The van der Waals surface area contributed by atoms with Gasteiger partial charge in [-0.15, -0.1) is 0 Å². The first-order valence-electron chi connectivity index (χ1n) is 6.07. The summed E-state index contributed by atoms with van der Waals surface area (Å²) in [6.45, 7) is 1.40. The van der Waals surface area contributed by atoms with Crippen LogP contribution in [0, 0.1) is 11.8 Å². The molecule has 1 unspecified atom stereocenters. The number of carbonyl (C=O) groups is 2. The number of esters is 1. The quantitative estimate of drug-likeness (QED) is 0.648. The van der Waals surface area contributed by atoms with Gasteiger partial charge in [-0.1, -0.05) is 0 Å². The minimum atomic E-state index is -0.738. The number of carbonyl (C=O) groups excluding carboxylic acids is 2. The molecule has 5 nitrogen and oxygen atoms in total. The summed E-state index contributed by atoms with van der Waals surface area (Å²) in [4.78, 5) is 22.5. The van der Waals surface area contributed by atoms with Gasteiger partial charge in [0.05, 0.1) is 19.3 Å². The van der Waals surface area contributed by atoms with Crippen molar-refractivity contribution in [2.24, 2.45) is 11.8 Å². The van der Waals surface area contributed by atoms with Gasteiger partial charge in [-0.3, -0.25) is 9.59 Å². The fourth-order valence-electron chi connectivity index (χ4n) is 2.01. The summed E-state index contributed by atoms with van der Waals surface area (Å²) in [5.41, 5.74) is 0. The van der Waals surface area contributed by atoms with Crippen molar-refractivity contribution in [3.8, 4) is 0 Å². The van der Waals surface area contributed by atoms with Crippen molar-refractivity contribution in [1.82, 2.24) is 0 Å². The summed E-state index contributed by atoms with van der Waals surface area (Å²) in [7, 11) is 0. The highest BCUT2D eigenvalue weighted by atomic mass is 32.2. The third kappa shape index (κ3) is 4.96. The number of thioether (sulfide) groups is 1. The zero-order chi connectivity index (χ0) is 13.5. The average Bonchev–Trinajstić information content (AvgIpc) is 2.68. The Morgan fingerprint density at radius 1 is 1.61 bits per heavy atom. The van der Waals surface area contributed by atoms with Crippen molar-refractivity contribution < 1.29 is 24.5 Å². The van der Waals surface area contributed by atoms with Crippen molar-refractivity contribution in [3.05, 3.63) is 0 Å². The number of ether oxygens (including phenoxy) is 1. The predicted octanol–water partition coefficient (Wildman–Crippen LogP) is 0.231. The fraction of sp³-hybridized carbons (Fsp3) is 0.833. The third-order valence-electron chi connectivity index (χ3n) is 3.06. The molecule has 1 fully saturated rings. The van der Waals surface area contributed by atoms with Crippen LogP contribution in [0.15, 0.2) is 0 Å². The van der Waals surface area contributed by atoms with Gasteiger partial charge in [0.25, 0.3) is 0 Å². The second kappa shape index (κ2) is 7.76. The van der Waals surface area contributed by atoms with E-state index in [1.54, 1.807) is 0 Å². The first kappa shape index (κ1) is 15.5. The Labute approximate surface area is 111 Å². The Hall–Kier alpha value is -0.590. The Morgan fingerprint density at radius 2 is 2.33 bits per heavy atom. The maximum Gasteiger partial charge on any atom is 0.302 e. The zero-order valence-corrected chi connectivity index (χ0v) is 11.3. The van der Waals surface area contributed by atoms with Crippen LogP contribution in [0.25, 0.3) is 0 Å². The van der Waals surface area contributed by atoms with Crippen LogP contribution in [-0.4, -0.2) is 52.8 Å². The van der Waals surface area contributed by atoms with Crippen LogP contribution < -0.4 is 0 Å². The Balaban J connectivity index is 2.34. The molecule has 6 heteroatoms. The van der Waals surface area contributed by atoms with Gasteiger partial charge >= 0.3 is 5.97 Å². The van der Waals surface area contributed by atoms with E-state index in [1.807, 2.05) is 0 Å². The average molecular weight is 276 g/mol. The van der Waals surface area contributed by atoms with E-state index in [1.165, 1.54) is 18.7 Å². The van der Waals surface area contributed by atoms with Gasteiger partial charge in [0.1, 0.15) is 5.78 Å². The molecular weight excluding hydrogens is 256 g/mol. The molecule has 1 rings (SSSR count). The van der Waals surface area contributed by atoms with Gasteiger partial charge < -0.3 is 14.9 Å². The van der Waals surface area contributed by atoms with E-state index >= 15 is 0 Å². The number of aliphatic hydroxyl groups is 2. The highest BCUT2D eigenvalue weighted by Gasteiger charge is 2.35. The molecule has 3 atom stereocenters. The van der Waals surface area contributed by atoms with E-state index in [0.29, 0.717) is 24.5 Å². The normalized spacial score (nSPS) is 25.2. The van der Waals surface area contributed by atoms with Crippen LogP contribution in [0.2, 0.25) is 0 Å². The van der Waals surface area contributed by atoms with Crippen molar-refractivity contribution in [3.63, 3.8) is 0 Å². The lowest BCUT2D eigenvalue weighted by Crippen LogP contribution is -2.24. The summed E-state index contributed by atoms with van der Waals surface area (Å²) >= 11 is 1.45. The third-order valence-corrected chi connectivity index (χ3v) is 4.28. The first-order valence-corrected chi connectivity index (χ1v) is 7.22. The molecule has 0 heterocycles. The number of hydrogen-bond donors (Lipinski definition) is 2. The maximum absolute atomic E-state index is 11.7. The van der Waals surface area contributed by atoms with Crippen LogP contribution in [0.5, 0.6) is 0 Å². The number of Topliss-reactive ketones (excluding diaryl/α,β-unsaturated/α-hetero) is 1. The van der Waals surface area contributed by atoms with Crippen LogP contribution >= 0.6 is 11.8 Å². The molecule has 2 N–H and O–H groups in total. The molecule has 0 aliphatic heterocycles. The highest BCUT2D eigenvalue weighted by Crippen LogP contribution is 2.31. The lowest BCUT2D eigenvalue weighted by Gasteiger charge is -2.18. The van der Waals surface area contributed by atoms with Gasteiger partial charge in [0.2, 0.25) is 0 Å². The molecule has 0 saturated heterocycles. The van der Waals surface area contributed by atoms with Gasteiger partial charge in [0, 0.05) is 36.7 Å². The van der Waals surface area contributed by atoms with E-state index in [0.717, 1.165) is 6.42 Å². The number of ketones is 1. The second-order valence-electron chi connectivity index (χ2n) is 4.55. The Morgan fingerprint density at radius 3 is 2.94 bits per heavy atom. The van der Waals surface area contributed by atoms with Gasteiger partial charge in [-0.2, -0.15) is 11.8 Å². The molecule has 0 aromatic rings. The van der Waals surface area contributed by atoms with Crippen molar-refractivity contribution in [2.75, 3.05) is 24.7 Å². The maximum atomic E-state index is 11.7. The predicted molar refractivity (Wildman–Crippen MR) is 68.3 cm³/mol. The highest BCUT2D eigenvalue weighted by molar-refractivity contribution is 7.99.